The van der Waals surface area contributed by atoms with E-state index in [2.05, 4.69) is 4.90 Å². The SMILES string of the molecule is CC(CC(=O)O)(c1ccccc1Cl)N1CCCC1. The highest BCUT2D eigenvalue weighted by molar-refractivity contribution is 6.31. The van der Waals surface area contributed by atoms with Crippen LogP contribution in [0.1, 0.15) is 31.7 Å². The van der Waals surface area contributed by atoms with E-state index in [1.54, 1.807) is 0 Å². The van der Waals surface area contributed by atoms with Crippen LogP contribution in [0.4, 0.5) is 0 Å². The van der Waals surface area contributed by atoms with Crippen molar-refractivity contribution in [2.24, 2.45) is 0 Å². The molecule has 0 spiro atoms. The first kappa shape index (κ1) is 13.4. The molecule has 0 aliphatic carbocycles. The van der Waals surface area contributed by atoms with Gasteiger partial charge < -0.3 is 5.11 Å². The molecule has 1 heterocycles. The van der Waals surface area contributed by atoms with Crippen LogP contribution in [0.25, 0.3) is 0 Å². The van der Waals surface area contributed by atoms with Crippen LogP contribution < -0.4 is 0 Å². The van der Waals surface area contributed by atoms with Gasteiger partial charge in [0.25, 0.3) is 0 Å². The Morgan fingerprint density at radius 2 is 2.00 bits per heavy atom. The van der Waals surface area contributed by atoms with Crippen molar-refractivity contribution in [3.63, 3.8) is 0 Å². The number of rotatable bonds is 4. The van der Waals surface area contributed by atoms with Gasteiger partial charge in [-0.3, -0.25) is 9.69 Å². The summed E-state index contributed by atoms with van der Waals surface area (Å²) in [5, 5.41) is 9.84. The summed E-state index contributed by atoms with van der Waals surface area (Å²) in [5.41, 5.74) is 0.400. The number of benzene rings is 1. The molecular formula is C14H18ClNO2. The molecular weight excluding hydrogens is 250 g/mol. The summed E-state index contributed by atoms with van der Waals surface area (Å²) >= 11 is 6.25. The van der Waals surface area contributed by atoms with Crippen LogP contribution in [0.5, 0.6) is 0 Å². The first-order chi connectivity index (χ1) is 8.54. The number of aliphatic carboxylic acids is 1. The summed E-state index contributed by atoms with van der Waals surface area (Å²) in [6, 6.07) is 7.55. The van der Waals surface area contributed by atoms with Gasteiger partial charge in [-0.05, 0) is 44.5 Å². The molecule has 1 N–H and O–H groups in total. The van der Waals surface area contributed by atoms with Gasteiger partial charge in [-0.2, -0.15) is 0 Å². The highest BCUT2D eigenvalue weighted by atomic mass is 35.5. The quantitative estimate of drug-likeness (QED) is 0.911. The molecule has 1 unspecified atom stereocenters. The van der Waals surface area contributed by atoms with E-state index in [0.29, 0.717) is 5.02 Å². The van der Waals surface area contributed by atoms with Crippen molar-refractivity contribution >= 4 is 17.6 Å². The van der Waals surface area contributed by atoms with Crippen molar-refractivity contribution in [2.75, 3.05) is 13.1 Å². The second kappa shape index (κ2) is 5.29. The van der Waals surface area contributed by atoms with Gasteiger partial charge in [0.2, 0.25) is 0 Å². The average Bonchev–Trinajstić information content (AvgIpc) is 2.82. The summed E-state index contributed by atoms with van der Waals surface area (Å²) in [6.07, 6.45) is 2.33. The molecule has 1 aromatic carbocycles. The van der Waals surface area contributed by atoms with Crippen LogP contribution in [0.15, 0.2) is 24.3 Å². The lowest BCUT2D eigenvalue weighted by Crippen LogP contribution is -2.43. The third kappa shape index (κ3) is 2.52. The Kier molecular flexibility index (Phi) is 3.93. The Labute approximate surface area is 112 Å². The molecule has 1 atom stereocenters. The normalized spacial score (nSPS) is 19.7. The number of carboxylic acids is 1. The number of hydrogen-bond acceptors (Lipinski definition) is 2. The van der Waals surface area contributed by atoms with E-state index in [9.17, 15) is 9.90 Å². The Bertz CT molecular complexity index is 443. The molecule has 1 saturated heterocycles. The molecule has 3 nitrogen and oxygen atoms in total. The average molecular weight is 268 g/mol. The monoisotopic (exact) mass is 267 g/mol. The standard InChI is InChI=1S/C14H18ClNO2/c1-14(10-13(17)18,16-8-4-5-9-16)11-6-2-3-7-12(11)15/h2-3,6-7H,4-5,8-10H2,1H3,(H,17,18). The second-order valence-corrected chi connectivity index (χ2v) is 5.43. The summed E-state index contributed by atoms with van der Waals surface area (Å²) in [6.45, 7) is 3.86. The zero-order valence-corrected chi connectivity index (χ0v) is 11.3. The van der Waals surface area contributed by atoms with Crippen LogP contribution in [0.3, 0.4) is 0 Å². The molecule has 1 fully saturated rings. The smallest absolute Gasteiger partial charge is 0.305 e. The summed E-state index contributed by atoms with van der Waals surface area (Å²) in [5.74, 6) is -0.788. The van der Waals surface area contributed by atoms with Crippen molar-refractivity contribution in [1.82, 2.24) is 4.90 Å². The number of carboxylic acid groups (broad SMARTS) is 1. The van der Waals surface area contributed by atoms with E-state index in [0.717, 1.165) is 31.5 Å². The number of likely N-dealkylation sites (tertiary alicyclic amines) is 1. The van der Waals surface area contributed by atoms with E-state index < -0.39 is 11.5 Å². The predicted molar refractivity (Wildman–Crippen MR) is 71.9 cm³/mol. The van der Waals surface area contributed by atoms with E-state index in [4.69, 9.17) is 11.6 Å². The van der Waals surface area contributed by atoms with Crippen molar-refractivity contribution in [3.8, 4) is 0 Å². The maximum Gasteiger partial charge on any atom is 0.305 e. The predicted octanol–water partition coefficient (Wildman–Crippen LogP) is 3.13. The van der Waals surface area contributed by atoms with Gasteiger partial charge in [-0.25, -0.2) is 0 Å². The number of carbonyl (C=O) groups is 1. The molecule has 1 aliphatic heterocycles. The summed E-state index contributed by atoms with van der Waals surface area (Å²) in [7, 11) is 0. The molecule has 0 radical (unpaired) electrons. The minimum absolute atomic E-state index is 0.0801. The van der Waals surface area contributed by atoms with Crippen molar-refractivity contribution in [3.05, 3.63) is 34.9 Å². The molecule has 0 saturated carbocycles. The molecule has 1 aliphatic rings. The summed E-state index contributed by atoms with van der Waals surface area (Å²) in [4.78, 5) is 13.4. The van der Waals surface area contributed by atoms with Crippen molar-refractivity contribution in [1.29, 1.82) is 0 Å². The molecule has 1 aromatic rings. The van der Waals surface area contributed by atoms with E-state index in [-0.39, 0.29) is 6.42 Å². The van der Waals surface area contributed by atoms with Crippen LogP contribution in [-0.4, -0.2) is 29.1 Å². The van der Waals surface area contributed by atoms with Gasteiger partial charge in [0.1, 0.15) is 0 Å². The molecule has 0 bridgehead atoms. The minimum atomic E-state index is -0.788. The highest BCUT2D eigenvalue weighted by Gasteiger charge is 2.38. The Hall–Kier alpha value is -1.06. The maximum absolute atomic E-state index is 11.2. The third-order valence-corrected chi connectivity index (χ3v) is 4.08. The van der Waals surface area contributed by atoms with E-state index in [1.807, 2.05) is 31.2 Å². The molecule has 98 valence electrons. The Balaban J connectivity index is 2.41. The van der Waals surface area contributed by atoms with Crippen LogP contribution in [0, 0.1) is 0 Å². The van der Waals surface area contributed by atoms with Crippen LogP contribution in [-0.2, 0) is 10.3 Å². The minimum Gasteiger partial charge on any atom is -0.481 e. The van der Waals surface area contributed by atoms with Gasteiger partial charge in [0, 0.05) is 5.02 Å². The van der Waals surface area contributed by atoms with Crippen molar-refractivity contribution in [2.45, 2.75) is 31.7 Å². The fourth-order valence-electron chi connectivity index (χ4n) is 2.78. The molecule has 2 rings (SSSR count). The number of halogens is 1. The third-order valence-electron chi connectivity index (χ3n) is 3.75. The number of hydrogen-bond donors (Lipinski definition) is 1. The van der Waals surface area contributed by atoms with Crippen molar-refractivity contribution < 1.29 is 9.90 Å². The largest absolute Gasteiger partial charge is 0.481 e. The summed E-state index contributed by atoms with van der Waals surface area (Å²) < 4.78 is 0. The second-order valence-electron chi connectivity index (χ2n) is 5.02. The first-order valence-corrected chi connectivity index (χ1v) is 6.64. The van der Waals surface area contributed by atoms with Gasteiger partial charge in [0.05, 0.1) is 12.0 Å². The molecule has 4 heteroatoms. The lowest BCUT2D eigenvalue weighted by Gasteiger charge is -2.38. The van der Waals surface area contributed by atoms with Gasteiger partial charge >= 0.3 is 5.97 Å². The number of nitrogens with zero attached hydrogens (tertiary/aromatic N) is 1. The van der Waals surface area contributed by atoms with Crippen LogP contribution >= 0.6 is 11.6 Å². The first-order valence-electron chi connectivity index (χ1n) is 6.26. The highest BCUT2D eigenvalue weighted by Crippen LogP contribution is 2.38. The molecule has 0 aromatic heterocycles. The zero-order valence-electron chi connectivity index (χ0n) is 10.5. The Morgan fingerprint density at radius 3 is 2.56 bits per heavy atom. The maximum atomic E-state index is 11.2. The zero-order chi connectivity index (χ0) is 13.2. The Morgan fingerprint density at radius 1 is 1.39 bits per heavy atom. The lowest BCUT2D eigenvalue weighted by atomic mass is 9.87. The topological polar surface area (TPSA) is 40.5 Å². The van der Waals surface area contributed by atoms with Gasteiger partial charge in [-0.15, -0.1) is 0 Å². The lowest BCUT2D eigenvalue weighted by molar-refractivity contribution is -0.140. The molecule has 0 amide bonds. The van der Waals surface area contributed by atoms with Crippen LogP contribution in [0.2, 0.25) is 5.02 Å². The van der Waals surface area contributed by atoms with E-state index >= 15 is 0 Å². The molecule has 18 heavy (non-hydrogen) atoms. The fraction of sp³-hybridized carbons (Fsp3) is 0.500. The van der Waals surface area contributed by atoms with E-state index in [1.165, 1.54) is 0 Å². The van der Waals surface area contributed by atoms with Gasteiger partial charge in [-0.1, -0.05) is 29.8 Å². The fourth-order valence-corrected chi connectivity index (χ4v) is 3.12. The van der Waals surface area contributed by atoms with Gasteiger partial charge in [0.15, 0.2) is 0 Å².